The lowest BCUT2D eigenvalue weighted by molar-refractivity contribution is 0.626. The van der Waals surface area contributed by atoms with Crippen LogP contribution in [-0.4, -0.2) is 25.0 Å². The summed E-state index contributed by atoms with van der Waals surface area (Å²) in [7, 11) is 0. The number of hydrogen-bond donors (Lipinski definition) is 0. The Bertz CT molecular complexity index is 706. The molecule has 0 spiro atoms. The summed E-state index contributed by atoms with van der Waals surface area (Å²) < 4.78 is 2.33. The zero-order chi connectivity index (χ0) is 14.6. The largest absolute Gasteiger partial charge is 0.302 e. The normalized spacial score (nSPS) is 18.2. The van der Waals surface area contributed by atoms with Gasteiger partial charge in [0, 0.05) is 12.0 Å². The van der Waals surface area contributed by atoms with Crippen molar-refractivity contribution in [3.8, 4) is 0 Å². The van der Waals surface area contributed by atoms with Crippen LogP contribution in [0.2, 0.25) is 5.15 Å². The van der Waals surface area contributed by atoms with Crippen LogP contribution < -0.4 is 0 Å². The van der Waals surface area contributed by atoms with Gasteiger partial charge in [0.25, 0.3) is 0 Å². The summed E-state index contributed by atoms with van der Waals surface area (Å²) in [6.07, 6.45) is 4.95. The molecule has 0 atom stereocenters. The molecule has 0 unspecified atom stereocenters. The van der Waals surface area contributed by atoms with E-state index in [2.05, 4.69) is 25.0 Å². The molecule has 4 rings (SSSR count). The standard InChI is InChI=1S/C14H16ClN5S/c1-7-8(2)13(18-16-11(7)15)21-14-19-17-12(9-3-4-9)20(14)10-5-6-10/h9-10H,3-6H2,1-2H3. The molecule has 2 aromatic heterocycles. The number of nitrogens with zero attached hydrogens (tertiary/aromatic N) is 5. The highest BCUT2D eigenvalue weighted by Crippen LogP contribution is 2.46. The van der Waals surface area contributed by atoms with Gasteiger partial charge in [-0.05, 0) is 62.4 Å². The van der Waals surface area contributed by atoms with Crippen LogP contribution in [0.1, 0.15) is 54.6 Å². The van der Waals surface area contributed by atoms with E-state index in [1.807, 2.05) is 13.8 Å². The van der Waals surface area contributed by atoms with E-state index in [1.165, 1.54) is 25.7 Å². The van der Waals surface area contributed by atoms with Crippen LogP contribution in [0, 0.1) is 13.8 Å². The van der Waals surface area contributed by atoms with Gasteiger partial charge in [-0.25, -0.2) is 0 Å². The third kappa shape index (κ3) is 2.44. The lowest BCUT2D eigenvalue weighted by Gasteiger charge is -2.09. The van der Waals surface area contributed by atoms with Crippen LogP contribution in [0.3, 0.4) is 0 Å². The Labute approximate surface area is 132 Å². The van der Waals surface area contributed by atoms with Gasteiger partial charge in [-0.2, -0.15) is 0 Å². The van der Waals surface area contributed by atoms with Gasteiger partial charge in [0.15, 0.2) is 10.3 Å². The molecule has 7 heteroatoms. The fourth-order valence-corrected chi connectivity index (χ4v) is 3.55. The molecule has 0 N–H and O–H groups in total. The van der Waals surface area contributed by atoms with E-state index in [4.69, 9.17) is 11.6 Å². The van der Waals surface area contributed by atoms with Gasteiger partial charge in [-0.3, -0.25) is 0 Å². The summed E-state index contributed by atoms with van der Waals surface area (Å²) in [5.74, 6) is 1.78. The van der Waals surface area contributed by atoms with Gasteiger partial charge in [0.1, 0.15) is 10.9 Å². The fraction of sp³-hybridized carbons (Fsp3) is 0.571. The Hall–Kier alpha value is -1.14. The number of halogens is 1. The third-order valence-corrected chi connectivity index (χ3v) is 5.56. The van der Waals surface area contributed by atoms with Crippen molar-refractivity contribution in [2.24, 2.45) is 0 Å². The van der Waals surface area contributed by atoms with Crippen molar-refractivity contribution >= 4 is 23.4 Å². The van der Waals surface area contributed by atoms with Crippen molar-refractivity contribution in [3.05, 3.63) is 22.1 Å². The first-order valence-electron chi connectivity index (χ1n) is 7.27. The number of hydrogen-bond acceptors (Lipinski definition) is 5. The minimum Gasteiger partial charge on any atom is -0.302 e. The Morgan fingerprint density at radius 3 is 2.43 bits per heavy atom. The average Bonchev–Trinajstić information content (AvgIpc) is 3.38. The summed E-state index contributed by atoms with van der Waals surface area (Å²) in [5, 5.41) is 19.4. The van der Waals surface area contributed by atoms with Crippen molar-refractivity contribution < 1.29 is 0 Å². The summed E-state index contributed by atoms with van der Waals surface area (Å²) in [4.78, 5) is 0. The molecule has 0 aromatic carbocycles. The Morgan fingerprint density at radius 2 is 1.76 bits per heavy atom. The Balaban J connectivity index is 1.70. The molecule has 2 aliphatic rings. The lowest BCUT2D eigenvalue weighted by atomic mass is 10.2. The van der Waals surface area contributed by atoms with E-state index in [9.17, 15) is 0 Å². The average molecular weight is 322 g/mol. The molecule has 2 heterocycles. The topological polar surface area (TPSA) is 56.5 Å². The van der Waals surface area contributed by atoms with E-state index in [0.717, 1.165) is 27.1 Å². The van der Waals surface area contributed by atoms with Crippen LogP contribution in [0.15, 0.2) is 10.2 Å². The molecule has 0 saturated heterocycles. The first-order valence-corrected chi connectivity index (χ1v) is 8.46. The molecule has 110 valence electrons. The molecule has 2 saturated carbocycles. The van der Waals surface area contributed by atoms with Gasteiger partial charge < -0.3 is 4.57 Å². The Kier molecular flexibility index (Phi) is 3.19. The maximum Gasteiger partial charge on any atom is 0.197 e. The quantitative estimate of drug-likeness (QED) is 0.859. The smallest absolute Gasteiger partial charge is 0.197 e. The third-order valence-electron chi connectivity index (χ3n) is 4.15. The molecule has 2 aliphatic carbocycles. The highest BCUT2D eigenvalue weighted by Gasteiger charge is 2.36. The van der Waals surface area contributed by atoms with E-state index in [1.54, 1.807) is 11.8 Å². The van der Waals surface area contributed by atoms with E-state index in [-0.39, 0.29) is 0 Å². The predicted octanol–water partition coefficient (Wildman–Crippen LogP) is 3.70. The Morgan fingerprint density at radius 1 is 1.00 bits per heavy atom. The molecular formula is C14H16ClN5S. The lowest BCUT2D eigenvalue weighted by Crippen LogP contribution is -2.03. The summed E-state index contributed by atoms with van der Waals surface area (Å²) in [6, 6.07) is 0.583. The highest BCUT2D eigenvalue weighted by atomic mass is 35.5. The zero-order valence-corrected chi connectivity index (χ0v) is 13.6. The van der Waals surface area contributed by atoms with Crippen molar-refractivity contribution in [3.63, 3.8) is 0 Å². The minimum absolute atomic E-state index is 0.471. The molecule has 0 amide bonds. The SMILES string of the molecule is Cc1c(Cl)nnc(Sc2nnc(C3CC3)n2C2CC2)c1C. The number of rotatable bonds is 4. The predicted molar refractivity (Wildman–Crippen MR) is 80.9 cm³/mol. The molecule has 0 bridgehead atoms. The monoisotopic (exact) mass is 321 g/mol. The molecule has 0 aliphatic heterocycles. The van der Waals surface area contributed by atoms with Crippen LogP contribution in [-0.2, 0) is 0 Å². The van der Waals surface area contributed by atoms with Gasteiger partial charge in [-0.1, -0.05) is 11.6 Å². The molecule has 0 radical (unpaired) electrons. The van der Waals surface area contributed by atoms with Gasteiger partial charge >= 0.3 is 0 Å². The summed E-state index contributed by atoms with van der Waals surface area (Å²) in [5.41, 5.74) is 2.05. The van der Waals surface area contributed by atoms with Crippen LogP contribution in [0.25, 0.3) is 0 Å². The van der Waals surface area contributed by atoms with Gasteiger partial charge in [0.05, 0.1) is 0 Å². The molecular weight excluding hydrogens is 306 g/mol. The molecule has 21 heavy (non-hydrogen) atoms. The molecule has 5 nitrogen and oxygen atoms in total. The minimum atomic E-state index is 0.471. The van der Waals surface area contributed by atoms with E-state index >= 15 is 0 Å². The first kappa shape index (κ1) is 13.5. The maximum absolute atomic E-state index is 6.02. The second-order valence-electron chi connectivity index (χ2n) is 5.86. The summed E-state index contributed by atoms with van der Waals surface area (Å²) in [6.45, 7) is 4.00. The van der Waals surface area contributed by atoms with E-state index in [0.29, 0.717) is 17.1 Å². The van der Waals surface area contributed by atoms with Gasteiger partial charge in [-0.15, -0.1) is 20.4 Å². The van der Waals surface area contributed by atoms with Crippen LogP contribution >= 0.6 is 23.4 Å². The van der Waals surface area contributed by atoms with E-state index < -0.39 is 0 Å². The van der Waals surface area contributed by atoms with Crippen molar-refractivity contribution in [1.29, 1.82) is 0 Å². The second-order valence-corrected chi connectivity index (χ2v) is 7.18. The summed E-state index contributed by atoms with van der Waals surface area (Å²) >= 11 is 7.57. The molecule has 2 aromatic rings. The highest BCUT2D eigenvalue weighted by molar-refractivity contribution is 7.99. The fourth-order valence-electron chi connectivity index (χ4n) is 2.39. The van der Waals surface area contributed by atoms with Crippen molar-refractivity contribution in [1.82, 2.24) is 25.0 Å². The second kappa shape index (κ2) is 4.95. The van der Waals surface area contributed by atoms with Gasteiger partial charge in [0.2, 0.25) is 0 Å². The molecule has 2 fully saturated rings. The maximum atomic E-state index is 6.02. The first-order chi connectivity index (χ1) is 10.1. The van der Waals surface area contributed by atoms with Crippen molar-refractivity contribution in [2.45, 2.75) is 61.7 Å². The van der Waals surface area contributed by atoms with Crippen LogP contribution in [0.5, 0.6) is 0 Å². The van der Waals surface area contributed by atoms with Crippen molar-refractivity contribution in [2.75, 3.05) is 0 Å². The number of aromatic nitrogens is 5. The zero-order valence-electron chi connectivity index (χ0n) is 12.0. The van der Waals surface area contributed by atoms with Crippen LogP contribution in [0.4, 0.5) is 0 Å².